The zero-order valence-electron chi connectivity index (χ0n) is 15.8. The summed E-state index contributed by atoms with van der Waals surface area (Å²) in [6.45, 7) is -0.143. The third kappa shape index (κ3) is 4.28. The van der Waals surface area contributed by atoms with Crippen LogP contribution in [0.15, 0.2) is 42.5 Å². The minimum atomic E-state index is -0.369. The van der Waals surface area contributed by atoms with E-state index in [4.69, 9.17) is 4.74 Å². The molecule has 0 spiro atoms. The maximum Gasteiger partial charge on any atom is 0.262 e. The molecule has 1 N–H and O–H groups in total. The SMILES string of the molecule is CN1C(=O)c2ccc(NC(=O)COc3ccc(C4SCCCS4)cc3)cc2C1=O. The van der Waals surface area contributed by atoms with Crippen LogP contribution in [0, 0.1) is 0 Å². The first-order chi connectivity index (χ1) is 14.0. The van der Waals surface area contributed by atoms with Gasteiger partial charge in [0, 0.05) is 12.7 Å². The summed E-state index contributed by atoms with van der Waals surface area (Å²) in [4.78, 5) is 37.3. The number of ether oxygens (including phenoxy) is 1. The number of anilines is 1. The molecule has 2 heterocycles. The van der Waals surface area contributed by atoms with Crippen LogP contribution < -0.4 is 10.1 Å². The predicted octanol–water partition coefficient (Wildman–Crippen LogP) is 3.80. The molecule has 1 fully saturated rings. The molecule has 4 rings (SSSR count). The molecule has 1 saturated heterocycles. The molecule has 2 aromatic carbocycles. The predicted molar refractivity (Wildman–Crippen MR) is 116 cm³/mol. The largest absolute Gasteiger partial charge is 0.484 e. The minimum absolute atomic E-state index is 0.143. The van der Waals surface area contributed by atoms with Crippen molar-refractivity contribution in [2.75, 3.05) is 30.5 Å². The molecule has 2 aliphatic heterocycles. The van der Waals surface area contributed by atoms with E-state index in [9.17, 15) is 14.4 Å². The van der Waals surface area contributed by atoms with Gasteiger partial charge >= 0.3 is 0 Å². The van der Waals surface area contributed by atoms with Crippen LogP contribution in [0.2, 0.25) is 0 Å². The van der Waals surface area contributed by atoms with Gasteiger partial charge in [0.15, 0.2) is 6.61 Å². The molecule has 8 heteroatoms. The van der Waals surface area contributed by atoms with Gasteiger partial charge in [-0.05, 0) is 53.8 Å². The van der Waals surface area contributed by atoms with E-state index in [1.165, 1.54) is 36.6 Å². The number of hydrogen-bond donors (Lipinski definition) is 1. The summed E-state index contributed by atoms with van der Waals surface area (Å²) in [6, 6.07) is 12.5. The number of nitrogens with one attached hydrogen (secondary N) is 1. The molecule has 150 valence electrons. The Morgan fingerprint density at radius 2 is 1.76 bits per heavy atom. The molecule has 0 atom stereocenters. The lowest BCUT2D eigenvalue weighted by Crippen LogP contribution is -2.24. The molecule has 2 aliphatic rings. The number of amides is 3. The maximum atomic E-state index is 12.2. The molecule has 29 heavy (non-hydrogen) atoms. The van der Waals surface area contributed by atoms with Crippen LogP contribution in [0.3, 0.4) is 0 Å². The molecule has 3 amide bonds. The number of benzene rings is 2. The number of rotatable bonds is 5. The van der Waals surface area contributed by atoms with Crippen molar-refractivity contribution in [3.8, 4) is 5.75 Å². The molecule has 0 aromatic heterocycles. The van der Waals surface area contributed by atoms with Gasteiger partial charge in [0.25, 0.3) is 17.7 Å². The highest BCUT2D eigenvalue weighted by Crippen LogP contribution is 2.43. The van der Waals surface area contributed by atoms with Crippen molar-refractivity contribution in [2.24, 2.45) is 0 Å². The van der Waals surface area contributed by atoms with Gasteiger partial charge in [0.2, 0.25) is 0 Å². The molecule has 0 bridgehead atoms. The Kier molecular flexibility index (Phi) is 5.82. The Balaban J connectivity index is 1.33. The number of carbonyl (C=O) groups excluding carboxylic acids is 3. The van der Waals surface area contributed by atoms with E-state index in [0.29, 0.717) is 27.1 Å². The quantitative estimate of drug-likeness (QED) is 0.730. The first-order valence-electron chi connectivity index (χ1n) is 9.25. The summed E-state index contributed by atoms with van der Waals surface area (Å²) >= 11 is 3.92. The van der Waals surface area contributed by atoms with Crippen LogP contribution in [0.5, 0.6) is 5.75 Å². The fourth-order valence-electron chi connectivity index (χ4n) is 3.19. The van der Waals surface area contributed by atoms with Gasteiger partial charge in [-0.3, -0.25) is 19.3 Å². The Morgan fingerprint density at radius 1 is 1.07 bits per heavy atom. The standard InChI is InChI=1S/C21H20N2O4S2/c1-23-19(25)16-8-5-14(11-17(16)20(23)26)22-18(24)12-27-15-6-3-13(4-7-15)21-28-9-2-10-29-21/h3-8,11,21H,2,9-10,12H2,1H3,(H,22,24). The van der Waals surface area contributed by atoms with Crippen LogP contribution in [0.1, 0.15) is 37.3 Å². The van der Waals surface area contributed by atoms with E-state index in [0.717, 1.165) is 4.90 Å². The Labute approximate surface area is 177 Å². The zero-order chi connectivity index (χ0) is 20.4. The van der Waals surface area contributed by atoms with Crippen LogP contribution in [-0.4, -0.2) is 47.8 Å². The van der Waals surface area contributed by atoms with Crippen LogP contribution >= 0.6 is 23.5 Å². The lowest BCUT2D eigenvalue weighted by Gasteiger charge is -2.21. The topological polar surface area (TPSA) is 75.7 Å². The fraction of sp³-hybridized carbons (Fsp3) is 0.286. The summed E-state index contributed by atoms with van der Waals surface area (Å²) in [5.74, 6) is 1.97. The molecule has 2 aromatic rings. The molecule has 0 unspecified atom stereocenters. The highest BCUT2D eigenvalue weighted by Gasteiger charge is 2.32. The van der Waals surface area contributed by atoms with E-state index < -0.39 is 0 Å². The van der Waals surface area contributed by atoms with Gasteiger partial charge in [-0.15, -0.1) is 23.5 Å². The summed E-state index contributed by atoms with van der Waals surface area (Å²) in [5.41, 5.74) is 2.36. The smallest absolute Gasteiger partial charge is 0.262 e. The number of fused-ring (bicyclic) bond motifs is 1. The highest BCUT2D eigenvalue weighted by molar-refractivity contribution is 8.16. The van der Waals surface area contributed by atoms with Gasteiger partial charge in [-0.25, -0.2) is 0 Å². The van der Waals surface area contributed by atoms with Gasteiger partial charge in [-0.1, -0.05) is 12.1 Å². The first-order valence-corrected chi connectivity index (χ1v) is 11.3. The van der Waals surface area contributed by atoms with Crippen molar-refractivity contribution in [3.63, 3.8) is 0 Å². The number of nitrogens with zero attached hydrogens (tertiary/aromatic N) is 1. The van der Waals surface area contributed by atoms with Crippen molar-refractivity contribution >= 4 is 46.9 Å². The van der Waals surface area contributed by atoms with E-state index in [1.54, 1.807) is 12.1 Å². The number of hydrogen-bond acceptors (Lipinski definition) is 6. The third-order valence-corrected chi connectivity index (χ3v) is 7.74. The van der Waals surface area contributed by atoms with Crippen molar-refractivity contribution in [1.29, 1.82) is 0 Å². The second kappa shape index (κ2) is 8.51. The molecule has 0 radical (unpaired) electrons. The molecule has 0 aliphatic carbocycles. The molecule has 0 saturated carbocycles. The third-order valence-electron chi connectivity index (χ3n) is 4.72. The normalized spacial score (nSPS) is 16.7. The van der Waals surface area contributed by atoms with Crippen molar-refractivity contribution < 1.29 is 19.1 Å². The van der Waals surface area contributed by atoms with Gasteiger partial charge in [-0.2, -0.15) is 0 Å². The van der Waals surface area contributed by atoms with Gasteiger partial charge in [0.1, 0.15) is 5.75 Å². The van der Waals surface area contributed by atoms with Crippen molar-refractivity contribution in [2.45, 2.75) is 11.0 Å². The van der Waals surface area contributed by atoms with Gasteiger partial charge < -0.3 is 10.1 Å². The Hall–Kier alpha value is -2.45. The summed E-state index contributed by atoms with van der Waals surface area (Å²) in [5, 5.41) is 2.70. The number of imide groups is 1. The van der Waals surface area contributed by atoms with E-state index in [-0.39, 0.29) is 24.3 Å². The second-order valence-corrected chi connectivity index (χ2v) is 9.49. The fourth-order valence-corrected chi connectivity index (χ4v) is 6.08. The lowest BCUT2D eigenvalue weighted by atomic mass is 10.1. The first kappa shape index (κ1) is 19.8. The van der Waals surface area contributed by atoms with Gasteiger partial charge in [0.05, 0.1) is 15.7 Å². The summed E-state index contributed by atoms with van der Waals surface area (Å²) < 4.78 is 6.04. The highest BCUT2D eigenvalue weighted by atomic mass is 32.2. The Bertz CT molecular complexity index is 956. The molecular formula is C21H20N2O4S2. The van der Waals surface area contributed by atoms with Crippen molar-refractivity contribution in [1.82, 2.24) is 4.90 Å². The molecular weight excluding hydrogens is 408 g/mol. The zero-order valence-corrected chi connectivity index (χ0v) is 17.5. The average molecular weight is 429 g/mol. The van der Waals surface area contributed by atoms with Crippen LogP contribution in [-0.2, 0) is 4.79 Å². The molecule has 6 nitrogen and oxygen atoms in total. The summed E-state index contributed by atoms with van der Waals surface area (Å²) in [7, 11) is 1.44. The number of carbonyl (C=O) groups is 3. The van der Waals surface area contributed by atoms with Crippen molar-refractivity contribution in [3.05, 3.63) is 59.2 Å². The van der Waals surface area contributed by atoms with Crippen LogP contribution in [0.4, 0.5) is 5.69 Å². The van der Waals surface area contributed by atoms with Crippen LogP contribution in [0.25, 0.3) is 0 Å². The minimum Gasteiger partial charge on any atom is -0.484 e. The second-order valence-electron chi connectivity index (χ2n) is 6.76. The average Bonchev–Trinajstić information content (AvgIpc) is 2.97. The van der Waals surface area contributed by atoms with E-state index in [1.807, 2.05) is 47.8 Å². The maximum absolute atomic E-state index is 12.2. The Morgan fingerprint density at radius 3 is 2.48 bits per heavy atom. The number of thioether (sulfide) groups is 2. The lowest BCUT2D eigenvalue weighted by molar-refractivity contribution is -0.118. The van der Waals surface area contributed by atoms with E-state index in [2.05, 4.69) is 5.32 Å². The summed E-state index contributed by atoms with van der Waals surface area (Å²) in [6.07, 6.45) is 1.26. The van der Waals surface area contributed by atoms with E-state index >= 15 is 0 Å². The monoisotopic (exact) mass is 428 g/mol.